The van der Waals surface area contributed by atoms with Crippen LogP contribution in [0.5, 0.6) is 11.5 Å². The van der Waals surface area contributed by atoms with Crippen molar-refractivity contribution >= 4 is 17.7 Å². The Morgan fingerprint density at radius 2 is 1.83 bits per heavy atom. The molecule has 0 bridgehead atoms. The van der Waals surface area contributed by atoms with Crippen molar-refractivity contribution in [2.24, 2.45) is 5.92 Å². The standard InChI is InChI=1S/C28H44FNO4S/c1-4-10-28(31)34-25-19-24-23-18-27(33-3)26(32-2)17-21(23)12-14-30(24)20-22(25)11-8-6-5-7-9-15-35-16-13-29/h17-18,22,24-25H,4-16,19-20H2,1-3H3/t22-,24-,25-/m1/s1. The van der Waals surface area contributed by atoms with E-state index in [9.17, 15) is 9.18 Å². The number of ether oxygens (including phenoxy) is 3. The number of benzene rings is 1. The van der Waals surface area contributed by atoms with Crippen LogP contribution in [0, 0.1) is 5.92 Å². The Morgan fingerprint density at radius 1 is 1.09 bits per heavy atom. The zero-order valence-electron chi connectivity index (χ0n) is 21.9. The first kappa shape index (κ1) is 28.1. The Morgan fingerprint density at radius 3 is 2.57 bits per heavy atom. The molecule has 0 aliphatic carbocycles. The van der Waals surface area contributed by atoms with Crippen LogP contribution in [0.3, 0.4) is 0 Å². The summed E-state index contributed by atoms with van der Waals surface area (Å²) in [6, 6.07) is 4.49. The average Bonchev–Trinajstić information content (AvgIpc) is 2.87. The minimum absolute atomic E-state index is 0.0357. The highest BCUT2D eigenvalue weighted by atomic mass is 32.2. The van der Waals surface area contributed by atoms with E-state index in [1.807, 2.05) is 6.92 Å². The summed E-state index contributed by atoms with van der Waals surface area (Å²) in [7, 11) is 3.36. The predicted octanol–water partition coefficient (Wildman–Crippen LogP) is 6.38. The van der Waals surface area contributed by atoms with Gasteiger partial charge in [0.05, 0.1) is 20.9 Å². The number of halogens is 1. The fraction of sp³-hybridized carbons (Fsp3) is 0.750. The fourth-order valence-electron chi connectivity index (χ4n) is 5.56. The lowest BCUT2D eigenvalue weighted by Crippen LogP contribution is -2.49. The van der Waals surface area contributed by atoms with Gasteiger partial charge in [-0.25, -0.2) is 0 Å². The number of rotatable bonds is 15. The predicted molar refractivity (Wildman–Crippen MR) is 141 cm³/mol. The maximum atomic E-state index is 12.5. The number of carbonyl (C=O) groups is 1. The zero-order chi connectivity index (χ0) is 25.0. The van der Waals surface area contributed by atoms with Crippen LogP contribution in [-0.2, 0) is 16.0 Å². The van der Waals surface area contributed by atoms with Crippen molar-refractivity contribution in [1.82, 2.24) is 4.90 Å². The number of carbonyl (C=O) groups excluding carboxylic acids is 1. The van der Waals surface area contributed by atoms with Crippen LogP contribution in [0.4, 0.5) is 4.39 Å². The number of esters is 1. The number of piperidine rings is 1. The summed E-state index contributed by atoms with van der Waals surface area (Å²) < 4.78 is 29.4. The second-order valence-electron chi connectivity index (χ2n) is 9.80. The molecule has 7 heteroatoms. The number of hydrogen-bond acceptors (Lipinski definition) is 6. The number of fused-ring (bicyclic) bond motifs is 3. The van der Waals surface area contributed by atoms with E-state index in [1.54, 1.807) is 26.0 Å². The molecule has 0 spiro atoms. The van der Waals surface area contributed by atoms with Gasteiger partial charge in [0.1, 0.15) is 6.10 Å². The monoisotopic (exact) mass is 509 g/mol. The lowest BCUT2D eigenvalue weighted by molar-refractivity contribution is -0.157. The first-order valence-electron chi connectivity index (χ1n) is 13.4. The third kappa shape index (κ3) is 8.01. The van der Waals surface area contributed by atoms with Gasteiger partial charge in [0.15, 0.2) is 11.5 Å². The van der Waals surface area contributed by atoms with E-state index in [-0.39, 0.29) is 24.8 Å². The molecule has 35 heavy (non-hydrogen) atoms. The van der Waals surface area contributed by atoms with Gasteiger partial charge < -0.3 is 14.2 Å². The van der Waals surface area contributed by atoms with Crippen molar-refractivity contribution in [1.29, 1.82) is 0 Å². The summed E-state index contributed by atoms with van der Waals surface area (Å²) in [5.41, 5.74) is 2.60. The molecule has 0 unspecified atom stereocenters. The topological polar surface area (TPSA) is 48.0 Å². The van der Waals surface area contributed by atoms with Gasteiger partial charge in [0.2, 0.25) is 0 Å². The third-order valence-corrected chi connectivity index (χ3v) is 8.41. The van der Waals surface area contributed by atoms with Crippen LogP contribution in [0.2, 0.25) is 0 Å². The van der Waals surface area contributed by atoms with Crippen molar-refractivity contribution in [2.45, 2.75) is 83.3 Å². The Balaban J connectivity index is 1.61. The highest BCUT2D eigenvalue weighted by Gasteiger charge is 2.40. The van der Waals surface area contributed by atoms with Crippen LogP contribution < -0.4 is 9.47 Å². The number of methoxy groups -OCH3 is 2. The zero-order valence-corrected chi connectivity index (χ0v) is 22.7. The summed E-state index contributed by atoms with van der Waals surface area (Å²) in [6.07, 6.45) is 10.2. The molecule has 2 aliphatic heterocycles. The summed E-state index contributed by atoms with van der Waals surface area (Å²) in [5, 5.41) is 0. The average molecular weight is 510 g/mol. The molecule has 1 fully saturated rings. The van der Waals surface area contributed by atoms with Gasteiger partial charge in [0, 0.05) is 43.6 Å². The van der Waals surface area contributed by atoms with Gasteiger partial charge in [-0.2, -0.15) is 11.8 Å². The van der Waals surface area contributed by atoms with Gasteiger partial charge in [-0.05, 0) is 54.7 Å². The fourth-order valence-corrected chi connectivity index (χ4v) is 6.28. The van der Waals surface area contributed by atoms with Crippen molar-refractivity contribution in [3.05, 3.63) is 23.3 Å². The van der Waals surface area contributed by atoms with E-state index < -0.39 is 0 Å². The maximum Gasteiger partial charge on any atom is 0.306 e. The Hall–Kier alpha value is -1.47. The highest BCUT2D eigenvalue weighted by molar-refractivity contribution is 7.99. The van der Waals surface area contributed by atoms with Gasteiger partial charge in [-0.1, -0.05) is 32.6 Å². The number of hydrogen-bond donors (Lipinski definition) is 0. The van der Waals surface area contributed by atoms with E-state index in [1.165, 1.54) is 43.2 Å². The number of thioether (sulfide) groups is 1. The molecule has 0 amide bonds. The maximum absolute atomic E-state index is 12.5. The lowest BCUT2D eigenvalue weighted by atomic mass is 9.80. The van der Waals surface area contributed by atoms with Crippen LogP contribution in [0.15, 0.2) is 12.1 Å². The van der Waals surface area contributed by atoms with E-state index in [0.29, 0.717) is 18.1 Å². The van der Waals surface area contributed by atoms with E-state index in [4.69, 9.17) is 14.2 Å². The molecular weight excluding hydrogens is 465 g/mol. The molecule has 0 aromatic heterocycles. The minimum Gasteiger partial charge on any atom is -0.493 e. The van der Waals surface area contributed by atoms with Gasteiger partial charge in [-0.15, -0.1) is 0 Å². The van der Waals surface area contributed by atoms with Gasteiger partial charge in [-0.3, -0.25) is 14.1 Å². The van der Waals surface area contributed by atoms with Crippen molar-refractivity contribution < 1.29 is 23.4 Å². The molecular formula is C28H44FNO4S. The van der Waals surface area contributed by atoms with Gasteiger partial charge in [0.25, 0.3) is 0 Å². The number of unbranched alkanes of at least 4 members (excludes halogenated alkanes) is 4. The van der Waals surface area contributed by atoms with Gasteiger partial charge >= 0.3 is 5.97 Å². The quantitative estimate of drug-likeness (QED) is 0.202. The number of alkyl halides is 1. The molecule has 0 N–H and O–H groups in total. The van der Waals surface area contributed by atoms with Crippen molar-refractivity contribution in [3.63, 3.8) is 0 Å². The molecule has 1 aromatic carbocycles. The Bertz CT molecular complexity index is 792. The normalized spacial score (nSPS) is 21.8. The molecule has 2 heterocycles. The lowest BCUT2D eigenvalue weighted by Gasteiger charge is -2.47. The molecule has 3 atom stereocenters. The Labute approximate surface area is 215 Å². The molecule has 3 rings (SSSR count). The van der Waals surface area contributed by atoms with E-state index in [2.05, 4.69) is 17.0 Å². The third-order valence-electron chi connectivity index (χ3n) is 7.39. The minimum atomic E-state index is -0.221. The molecule has 2 aliphatic rings. The second kappa shape index (κ2) is 14.9. The smallest absolute Gasteiger partial charge is 0.306 e. The molecule has 1 saturated heterocycles. The summed E-state index contributed by atoms with van der Waals surface area (Å²) in [4.78, 5) is 15.1. The largest absolute Gasteiger partial charge is 0.493 e. The van der Waals surface area contributed by atoms with Crippen molar-refractivity contribution in [2.75, 3.05) is 45.5 Å². The van der Waals surface area contributed by atoms with Crippen LogP contribution in [-0.4, -0.2) is 62.5 Å². The first-order valence-corrected chi connectivity index (χ1v) is 14.6. The molecule has 0 radical (unpaired) electrons. The van der Waals surface area contributed by atoms with Crippen LogP contribution in [0.25, 0.3) is 0 Å². The summed E-state index contributed by atoms with van der Waals surface area (Å²) >= 11 is 1.72. The highest BCUT2D eigenvalue weighted by Crippen LogP contribution is 2.44. The van der Waals surface area contributed by atoms with Crippen molar-refractivity contribution in [3.8, 4) is 11.5 Å². The molecule has 198 valence electrons. The van der Waals surface area contributed by atoms with Crippen LogP contribution >= 0.6 is 11.8 Å². The second-order valence-corrected chi connectivity index (χ2v) is 11.0. The summed E-state index contributed by atoms with van der Waals surface area (Å²) in [6.45, 7) is 3.80. The van der Waals surface area contributed by atoms with E-state index in [0.717, 1.165) is 56.0 Å². The van der Waals surface area contributed by atoms with E-state index >= 15 is 0 Å². The molecule has 1 aromatic rings. The summed E-state index contributed by atoms with van der Waals surface area (Å²) in [5.74, 6) is 3.55. The molecule has 0 saturated carbocycles. The first-order chi connectivity index (χ1) is 17.1. The Kier molecular flexibility index (Phi) is 12.0. The molecule has 5 nitrogen and oxygen atoms in total. The van der Waals surface area contributed by atoms with Crippen LogP contribution in [0.1, 0.15) is 81.9 Å². The number of nitrogens with zero attached hydrogens (tertiary/aromatic N) is 1. The SMILES string of the molecule is CCCC(=O)O[C@@H]1C[C@@H]2c3cc(OC)c(OC)cc3CCN2C[C@H]1CCCCCCCSCCF.